The molecule has 2 aromatic rings. The number of hydrogen-bond donors (Lipinski definition) is 1. The maximum atomic E-state index is 10.8. The van der Waals surface area contributed by atoms with E-state index < -0.39 is 11.0 Å². The highest BCUT2D eigenvalue weighted by atomic mass is 16.6. The van der Waals surface area contributed by atoms with Crippen LogP contribution in [0.15, 0.2) is 36.7 Å². The van der Waals surface area contributed by atoms with E-state index in [-0.39, 0.29) is 5.69 Å². The van der Waals surface area contributed by atoms with Crippen LogP contribution in [-0.4, -0.2) is 50.2 Å². The molecule has 0 radical (unpaired) electrons. The van der Waals surface area contributed by atoms with Crippen molar-refractivity contribution in [3.05, 3.63) is 46.8 Å². The number of likely N-dealkylation sites (tertiary alicyclic amines) is 1. The van der Waals surface area contributed by atoms with Gasteiger partial charge in [0.05, 0.1) is 17.6 Å². The Kier molecular flexibility index (Phi) is 5.45. The Morgan fingerprint density at radius 1 is 1.28 bits per heavy atom. The first kappa shape index (κ1) is 17.6. The first-order valence-electron chi connectivity index (χ1n) is 8.69. The normalized spacial score (nSPS) is 17.5. The minimum Gasteiger partial charge on any atom is -0.390 e. The van der Waals surface area contributed by atoms with Gasteiger partial charge < -0.3 is 14.6 Å². The summed E-state index contributed by atoms with van der Waals surface area (Å²) in [5.41, 5.74) is 0.857. The summed E-state index contributed by atoms with van der Waals surface area (Å²) in [6.45, 7) is 5.47. The molecule has 2 heterocycles. The monoisotopic (exact) mass is 344 g/mol. The van der Waals surface area contributed by atoms with Gasteiger partial charge in [0.15, 0.2) is 0 Å². The third-order valence-electron chi connectivity index (χ3n) is 4.80. The summed E-state index contributed by atoms with van der Waals surface area (Å²) in [4.78, 5) is 17.0. The zero-order valence-corrected chi connectivity index (χ0v) is 14.4. The van der Waals surface area contributed by atoms with Gasteiger partial charge in [-0.3, -0.25) is 10.1 Å². The van der Waals surface area contributed by atoms with Crippen LogP contribution in [0.5, 0.6) is 0 Å². The molecule has 0 saturated carbocycles. The maximum Gasteiger partial charge on any atom is 0.269 e. The zero-order chi connectivity index (χ0) is 17.8. The number of aliphatic hydroxyl groups is 1. The molecule has 0 spiro atoms. The van der Waals surface area contributed by atoms with E-state index in [1.807, 2.05) is 10.8 Å². The Morgan fingerprint density at radius 2 is 1.96 bits per heavy atom. The van der Waals surface area contributed by atoms with Crippen LogP contribution in [0.25, 0.3) is 11.4 Å². The van der Waals surface area contributed by atoms with Crippen LogP contribution in [0.2, 0.25) is 0 Å². The number of imidazole rings is 1. The van der Waals surface area contributed by atoms with Crippen molar-refractivity contribution in [2.45, 2.75) is 32.4 Å². The molecule has 0 aliphatic carbocycles. The van der Waals surface area contributed by atoms with Crippen LogP contribution >= 0.6 is 0 Å². The number of β-amino-alcohol motifs (C(OH)–C–C–N with tert-alkyl or cyclic N) is 1. The van der Waals surface area contributed by atoms with E-state index in [0.717, 1.165) is 24.6 Å². The van der Waals surface area contributed by atoms with Crippen molar-refractivity contribution >= 4 is 5.69 Å². The van der Waals surface area contributed by atoms with E-state index in [4.69, 9.17) is 0 Å². The van der Waals surface area contributed by atoms with Gasteiger partial charge in [-0.25, -0.2) is 4.98 Å². The van der Waals surface area contributed by atoms with Crippen molar-refractivity contribution < 1.29 is 10.0 Å². The zero-order valence-electron chi connectivity index (χ0n) is 14.4. The maximum absolute atomic E-state index is 10.8. The van der Waals surface area contributed by atoms with Crippen molar-refractivity contribution in [3.63, 3.8) is 0 Å². The first-order chi connectivity index (χ1) is 12.0. The Hall–Kier alpha value is -2.25. The molecule has 1 aromatic heterocycles. The van der Waals surface area contributed by atoms with Gasteiger partial charge in [0, 0.05) is 36.6 Å². The molecular formula is C18H24N4O3. The lowest BCUT2D eigenvalue weighted by atomic mass is 9.99. The minimum atomic E-state index is -0.473. The highest BCUT2D eigenvalue weighted by Crippen LogP contribution is 2.22. The average molecular weight is 344 g/mol. The molecule has 1 saturated heterocycles. The smallest absolute Gasteiger partial charge is 0.269 e. The summed E-state index contributed by atoms with van der Waals surface area (Å²) >= 11 is 0. The van der Waals surface area contributed by atoms with Crippen molar-refractivity contribution in [2.24, 2.45) is 5.92 Å². The highest BCUT2D eigenvalue weighted by Gasteiger charge is 2.19. The first-order valence-corrected chi connectivity index (χ1v) is 8.69. The number of nitrogens with zero attached hydrogens (tertiary/aromatic N) is 4. The molecule has 1 aliphatic heterocycles. The van der Waals surface area contributed by atoms with Crippen LogP contribution in [0, 0.1) is 16.0 Å². The third kappa shape index (κ3) is 4.43. The molecule has 1 fully saturated rings. The molecule has 7 nitrogen and oxygen atoms in total. The van der Waals surface area contributed by atoms with Gasteiger partial charge in [0.2, 0.25) is 0 Å². The van der Waals surface area contributed by atoms with Crippen LogP contribution < -0.4 is 0 Å². The van der Waals surface area contributed by atoms with Crippen molar-refractivity contribution in [1.29, 1.82) is 0 Å². The fraction of sp³-hybridized carbons (Fsp3) is 0.500. The molecule has 3 rings (SSSR count). The second-order valence-corrected chi connectivity index (χ2v) is 6.84. The van der Waals surface area contributed by atoms with E-state index in [9.17, 15) is 15.2 Å². The molecular weight excluding hydrogens is 320 g/mol. The Balaban J connectivity index is 1.64. The summed E-state index contributed by atoms with van der Waals surface area (Å²) in [7, 11) is 0. The number of rotatable bonds is 6. The summed E-state index contributed by atoms with van der Waals surface area (Å²) in [5, 5.41) is 21.2. The van der Waals surface area contributed by atoms with Crippen LogP contribution in [0.1, 0.15) is 19.8 Å². The predicted octanol–water partition coefficient (Wildman–Crippen LogP) is 2.55. The van der Waals surface area contributed by atoms with Gasteiger partial charge in [0.25, 0.3) is 5.69 Å². The van der Waals surface area contributed by atoms with E-state index in [0.29, 0.717) is 18.9 Å². The second kappa shape index (κ2) is 7.76. The molecule has 1 unspecified atom stereocenters. The summed E-state index contributed by atoms with van der Waals surface area (Å²) < 4.78 is 1.90. The van der Waals surface area contributed by atoms with Gasteiger partial charge in [-0.1, -0.05) is 6.92 Å². The number of benzene rings is 1. The van der Waals surface area contributed by atoms with Gasteiger partial charge >= 0.3 is 0 Å². The molecule has 134 valence electrons. The molecule has 1 aliphatic rings. The molecule has 7 heteroatoms. The third-order valence-corrected chi connectivity index (χ3v) is 4.80. The molecule has 1 atom stereocenters. The van der Waals surface area contributed by atoms with Crippen molar-refractivity contribution in [3.8, 4) is 11.4 Å². The van der Waals surface area contributed by atoms with Crippen molar-refractivity contribution in [1.82, 2.24) is 14.5 Å². The highest BCUT2D eigenvalue weighted by molar-refractivity contribution is 5.57. The number of nitro benzene ring substituents is 1. The SMILES string of the molecule is CC1CCN(CC(O)Cn2ccnc2-c2ccc([N+](=O)[O-])cc2)CC1. The largest absolute Gasteiger partial charge is 0.390 e. The second-order valence-electron chi connectivity index (χ2n) is 6.84. The number of hydrogen-bond acceptors (Lipinski definition) is 5. The topological polar surface area (TPSA) is 84.4 Å². The Bertz CT molecular complexity index is 705. The summed E-state index contributed by atoms with van der Waals surface area (Å²) in [5.74, 6) is 1.48. The molecule has 0 bridgehead atoms. The number of piperidine rings is 1. The fourth-order valence-electron chi connectivity index (χ4n) is 3.28. The van der Waals surface area contributed by atoms with Gasteiger partial charge in [-0.2, -0.15) is 0 Å². The lowest BCUT2D eigenvalue weighted by Gasteiger charge is -2.31. The molecule has 1 N–H and O–H groups in total. The van der Waals surface area contributed by atoms with Crippen LogP contribution in [0.4, 0.5) is 5.69 Å². The summed E-state index contributed by atoms with van der Waals surface area (Å²) in [6.07, 6.45) is 5.42. The number of nitro groups is 1. The minimum absolute atomic E-state index is 0.0567. The molecule has 25 heavy (non-hydrogen) atoms. The predicted molar refractivity (Wildman–Crippen MR) is 95.2 cm³/mol. The standard InChI is InChI=1S/C18H24N4O3/c1-14-6-9-20(10-7-14)12-17(23)13-21-11-8-19-18(21)15-2-4-16(5-3-15)22(24)25/h2-5,8,11,14,17,23H,6-7,9-10,12-13H2,1H3. The Labute approximate surface area is 147 Å². The van der Waals surface area contributed by atoms with Gasteiger partial charge in [-0.05, 0) is 44.0 Å². The number of non-ortho nitro benzene ring substituents is 1. The molecule has 0 amide bonds. The molecule has 1 aromatic carbocycles. The van der Waals surface area contributed by atoms with Crippen LogP contribution in [-0.2, 0) is 6.54 Å². The summed E-state index contributed by atoms with van der Waals surface area (Å²) in [6, 6.07) is 6.32. The number of aromatic nitrogens is 2. The van der Waals surface area contributed by atoms with E-state index in [1.54, 1.807) is 18.3 Å². The average Bonchev–Trinajstić information content (AvgIpc) is 3.05. The fourth-order valence-corrected chi connectivity index (χ4v) is 3.28. The quantitative estimate of drug-likeness (QED) is 0.643. The number of aliphatic hydroxyl groups excluding tert-OH is 1. The van der Waals surface area contributed by atoms with Crippen LogP contribution in [0.3, 0.4) is 0 Å². The van der Waals surface area contributed by atoms with Gasteiger partial charge in [-0.15, -0.1) is 0 Å². The lowest BCUT2D eigenvalue weighted by molar-refractivity contribution is -0.384. The Morgan fingerprint density at radius 3 is 2.60 bits per heavy atom. The van der Waals surface area contributed by atoms with E-state index in [1.165, 1.54) is 25.0 Å². The van der Waals surface area contributed by atoms with E-state index in [2.05, 4.69) is 16.8 Å². The lowest BCUT2D eigenvalue weighted by Crippen LogP contribution is -2.39. The van der Waals surface area contributed by atoms with Crippen molar-refractivity contribution in [2.75, 3.05) is 19.6 Å². The van der Waals surface area contributed by atoms with E-state index >= 15 is 0 Å². The van der Waals surface area contributed by atoms with Gasteiger partial charge in [0.1, 0.15) is 5.82 Å².